The normalized spacial score (nSPS) is 18.8. The highest BCUT2D eigenvalue weighted by Crippen LogP contribution is 2.40. The molecule has 5 heteroatoms. The van der Waals surface area contributed by atoms with Crippen molar-refractivity contribution >= 4 is 28.4 Å². The van der Waals surface area contributed by atoms with Gasteiger partial charge in [-0.1, -0.05) is 36.4 Å². The Morgan fingerprint density at radius 2 is 1.80 bits per heavy atom. The fourth-order valence-corrected chi connectivity index (χ4v) is 4.44. The van der Waals surface area contributed by atoms with Gasteiger partial charge in [0.25, 0.3) is 5.91 Å². The van der Waals surface area contributed by atoms with Gasteiger partial charge in [0.05, 0.1) is 11.1 Å². The summed E-state index contributed by atoms with van der Waals surface area (Å²) < 4.78 is 0. The summed E-state index contributed by atoms with van der Waals surface area (Å²) in [4.78, 5) is 35.2. The molecule has 0 spiro atoms. The van der Waals surface area contributed by atoms with Crippen LogP contribution in [-0.4, -0.2) is 40.8 Å². The molecule has 1 saturated carbocycles. The summed E-state index contributed by atoms with van der Waals surface area (Å²) in [5.41, 5.74) is 3.40. The molecular formula is C25H25N3O2. The van der Waals surface area contributed by atoms with Crippen molar-refractivity contribution in [1.29, 1.82) is 0 Å². The number of para-hydroxylation sites is 2. The van der Waals surface area contributed by atoms with Gasteiger partial charge in [0.15, 0.2) is 0 Å². The molecule has 2 fully saturated rings. The molecule has 1 aliphatic carbocycles. The van der Waals surface area contributed by atoms with E-state index in [1.807, 2.05) is 67.6 Å². The molecule has 1 atom stereocenters. The Balaban J connectivity index is 1.49. The van der Waals surface area contributed by atoms with Gasteiger partial charge in [0, 0.05) is 35.8 Å². The lowest BCUT2D eigenvalue weighted by Crippen LogP contribution is -2.45. The first kappa shape index (κ1) is 18.8. The summed E-state index contributed by atoms with van der Waals surface area (Å²) in [6, 6.07) is 19.0. The second-order valence-corrected chi connectivity index (χ2v) is 8.11. The Morgan fingerprint density at radius 1 is 1.07 bits per heavy atom. The average Bonchev–Trinajstić information content (AvgIpc) is 3.57. The first-order chi connectivity index (χ1) is 14.7. The molecule has 1 aromatic heterocycles. The molecule has 0 N–H and O–H groups in total. The van der Waals surface area contributed by atoms with Gasteiger partial charge in [-0.3, -0.25) is 14.6 Å². The molecule has 2 heterocycles. The van der Waals surface area contributed by atoms with Crippen LogP contribution in [0, 0.1) is 0 Å². The lowest BCUT2D eigenvalue weighted by molar-refractivity contribution is -0.120. The lowest BCUT2D eigenvalue weighted by Gasteiger charge is -2.27. The highest BCUT2D eigenvalue weighted by atomic mass is 16.2. The largest absolute Gasteiger partial charge is 0.327 e. The van der Waals surface area contributed by atoms with E-state index in [1.165, 1.54) is 0 Å². The monoisotopic (exact) mass is 399 g/mol. The fourth-order valence-electron chi connectivity index (χ4n) is 4.44. The van der Waals surface area contributed by atoms with E-state index in [0.29, 0.717) is 31.0 Å². The SMILES string of the molecule is CCN(C(=O)c1cc(C2CC2)nc2ccccc12)C1CCN(c2ccccc2)C1=O. The van der Waals surface area contributed by atoms with Crippen LogP contribution in [0.2, 0.25) is 0 Å². The number of anilines is 1. The zero-order valence-electron chi connectivity index (χ0n) is 17.1. The van der Waals surface area contributed by atoms with Crippen LogP contribution in [0.1, 0.15) is 48.2 Å². The molecule has 1 saturated heterocycles. The van der Waals surface area contributed by atoms with Gasteiger partial charge < -0.3 is 9.80 Å². The molecule has 30 heavy (non-hydrogen) atoms. The van der Waals surface area contributed by atoms with Crippen LogP contribution in [-0.2, 0) is 4.79 Å². The Bertz CT molecular complexity index is 1110. The van der Waals surface area contributed by atoms with Gasteiger partial charge in [-0.15, -0.1) is 0 Å². The van der Waals surface area contributed by atoms with E-state index in [0.717, 1.165) is 35.1 Å². The van der Waals surface area contributed by atoms with Gasteiger partial charge >= 0.3 is 0 Å². The van der Waals surface area contributed by atoms with E-state index in [4.69, 9.17) is 4.98 Å². The Labute approximate surface area is 176 Å². The Kier molecular flexibility index (Phi) is 4.74. The minimum atomic E-state index is -0.431. The summed E-state index contributed by atoms with van der Waals surface area (Å²) in [5.74, 6) is 0.376. The second-order valence-electron chi connectivity index (χ2n) is 8.11. The van der Waals surface area contributed by atoms with Crippen LogP contribution in [0.25, 0.3) is 10.9 Å². The van der Waals surface area contributed by atoms with Crippen LogP contribution in [0.15, 0.2) is 60.7 Å². The molecule has 1 unspecified atom stereocenters. The van der Waals surface area contributed by atoms with Crippen LogP contribution >= 0.6 is 0 Å². The summed E-state index contributed by atoms with van der Waals surface area (Å²) in [7, 11) is 0. The Hall–Kier alpha value is -3.21. The smallest absolute Gasteiger partial charge is 0.255 e. The number of carbonyl (C=O) groups excluding carboxylic acids is 2. The Morgan fingerprint density at radius 3 is 2.53 bits per heavy atom. The molecule has 0 radical (unpaired) electrons. The standard InChI is InChI=1S/C25H25N3O2/c1-2-27(23-14-15-28(25(23)30)18-8-4-3-5-9-18)24(29)20-16-22(17-12-13-17)26-21-11-7-6-10-19(20)21/h3-11,16-17,23H,2,12-15H2,1H3. The molecule has 1 aliphatic heterocycles. The average molecular weight is 399 g/mol. The van der Waals surface area contributed by atoms with Crippen molar-refractivity contribution in [3.05, 3.63) is 71.9 Å². The molecule has 2 amide bonds. The van der Waals surface area contributed by atoms with E-state index in [1.54, 1.807) is 9.80 Å². The summed E-state index contributed by atoms with van der Waals surface area (Å²) in [5, 5.41) is 0.857. The van der Waals surface area contributed by atoms with Crippen LogP contribution in [0.3, 0.4) is 0 Å². The third-order valence-electron chi connectivity index (χ3n) is 6.18. The quantitative estimate of drug-likeness (QED) is 0.640. The maximum atomic E-state index is 13.7. The minimum absolute atomic E-state index is 0.00261. The van der Waals surface area contributed by atoms with E-state index in [9.17, 15) is 9.59 Å². The van der Waals surface area contributed by atoms with Gasteiger partial charge in [-0.2, -0.15) is 0 Å². The number of rotatable bonds is 5. The minimum Gasteiger partial charge on any atom is -0.327 e. The number of carbonyl (C=O) groups is 2. The maximum Gasteiger partial charge on any atom is 0.255 e. The summed E-state index contributed by atoms with van der Waals surface area (Å²) in [6.45, 7) is 3.07. The number of benzene rings is 2. The van der Waals surface area contributed by atoms with Crippen molar-refractivity contribution in [2.75, 3.05) is 18.0 Å². The van der Waals surface area contributed by atoms with Crippen molar-refractivity contribution in [3.8, 4) is 0 Å². The molecule has 3 aromatic rings. The van der Waals surface area contributed by atoms with Crippen LogP contribution < -0.4 is 4.90 Å². The van der Waals surface area contributed by atoms with Crippen molar-refractivity contribution < 1.29 is 9.59 Å². The predicted molar refractivity (Wildman–Crippen MR) is 118 cm³/mol. The van der Waals surface area contributed by atoms with Crippen molar-refractivity contribution in [3.63, 3.8) is 0 Å². The van der Waals surface area contributed by atoms with Crippen LogP contribution in [0.5, 0.6) is 0 Å². The number of hydrogen-bond donors (Lipinski definition) is 0. The zero-order valence-corrected chi connectivity index (χ0v) is 17.1. The first-order valence-electron chi connectivity index (χ1n) is 10.7. The highest BCUT2D eigenvalue weighted by molar-refractivity contribution is 6.09. The summed E-state index contributed by atoms with van der Waals surface area (Å²) >= 11 is 0. The van der Waals surface area contributed by atoms with E-state index < -0.39 is 6.04 Å². The topological polar surface area (TPSA) is 53.5 Å². The number of hydrogen-bond acceptors (Lipinski definition) is 3. The van der Waals surface area contributed by atoms with Crippen molar-refractivity contribution in [2.45, 2.75) is 38.1 Å². The number of likely N-dealkylation sites (N-methyl/N-ethyl adjacent to an activating group) is 1. The molecule has 5 rings (SSSR count). The second kappa shape index (κ2) is 7.56. The molecule has 2 aromatic carbocycles. The third-order valence-corrected chi connectivity index (χ3v) is 6.18. The van der Waals surface area contributed by atoms with E-state index >= 15 is 0 Å². The number of nitrogens with zero attached hydrogens (tertiary/aromatic N) is 3. The molecule has 2 aliphatic rings. The lowest BCUT2D eigenvalue weighted by atomic mass is 10.0. The van der Waals surface area contributed by atoms with Gasteiger partial charge in [-0.25, -0.2) is 0 Å². The van der Waals surface area contributed by atoms with Gasteiger partial charge in [-0.05, 0) is 50.5 Å². The number of aromatic nitrogens is 1. The number of amides is 2. The molecule has 0 bridgehead atoms. The predicted octanol–water partition coefficient (Wildman–Crippen LogP) is 4.38. The van der Waals surface area contributed by atoms with Crippen molar-refractivity contribution in [1.82, 2.24) is 9.88 Å². The van der Waals surface area contributed by atoms with Crippen molar-refractivity contribution in [2.24, 2.45) is 0 Å². The fraction of sp³-hybridized carbons (Fsp3) is 0.320. The van der Waals surface area contributed by atoms with E-state index in [2.05, 4.69) is 0 Å². The zero-order chi connectivity index (χ0) is 20.7. The molecular weight excluding hydrogens is 374 g/mol. The van der Waals surface area contributed by atoms with Crippen LogP contribution in [0.4, 0.5) is 5.69 Å². The van der Waals surface area contributed by atoms with Gasteiger partial charge in [0.1, 0.15) is 6.04 Å². The third kappa shape index (κ3) is 3.24. The number of fused-ring (bicyclic) bond motifs is 1. The molecule has 5 nitrogen and oxygen atoms in total. The first-order valence-corrected chi connectivity index (χ1v) is 10.7. The molecule has 152 valence electrons. The van der Waals surface area contributed by atoms with Gasteiger partial charge in [0.2, 0.25) is 5.91 Å². The number of pyridine rings is 1. The maximum absolute atomic E-state index is 13.7. The highest BCUT2D eigenvalue weighted by Gasteiger charge is 2.39. The summed E-state index contributed by atoms with van der Waals surface area (Å²) in [6.07, 6.45) is 2.90. The van der Waals surface area contributed by atoms with E-state index in [-0.39, 0.29) is 11.8 Å².